The molecule has 1 fully saturated rings. The Morgan fingerprint density at radius 1 is 0.936 bits per heavy atom. The van der Waals surface area contributed by atoms with Crippen molar-refractivity contribution < 1.29 is 85.3 Å². The number of rotatable bonds is 10. The Morgan fingerprint density at radius 3 is 1.74 bits per heavy atom. The first-order valence-electron chi connectivity index (χ1n) is 13.6. The van der Waals surface area contributed by atoms with Crippen LogP contribution in [0.4, 0.5) is 0 Å². The molecule has 1 aliphatic rings. The van der Waals surface area contributed by atoms with Gasteiger partial charge in [0.05, 0.1) is 18.3 Å². The smallest absolute Gasteiger partial charge is 0 e. The summed E-state index contributed by atoms with van der Waals surface area (Å²) < 4.78 is 63.9. The van der Waals surface area contributed by atoms with E-state index >= 15 is 0 Å². The van der Waals surface area contributed by atoms with E-state index in [9.17, 15) is 9.90 Å². The Morgan fingerprint density at radius 2 is 1.38 bits per heavy atom. The van der Waals surface area contributed by atoms with E-state index in [4.69, 9.17) is 41.8 Å². The summed E-state index contributed by atoms with van der Waals surface area (Å²) >= 11 is 0. The van der Waals surface area contributed by atoms with Gasteiger partial charge in [-0.1, -0.05) is 65.4 Å². The summed E-state index contributed by atoms with van der Waals surface area (Å²) in [6.07, 6.45) is 6.26. The minimum absolute atomic E-state index is 0. The Hall–Kier alpha value is -1.46. The zero-order valence-electron chi connectivity index (χ0n) is 28.8. The van der Waals surface area contributed by atoms with Crippen LogP contribution in [0.15, 0.2) is 12.2 Å². The summed E-state index contributed by atoms with van der Waals surface area (Å²) in [5, 5.41) is 10.4. The molecule has 1 heterocycles. The fourth-order valence-corrected chi connectivity index (χ4v) is 5.46. The average Bonchev–Trinajstić information content (AvgIpc) is 3.41. The molecule has 0 aromatic rings. The van der Waals surface area contributed by atoms with Gasteiger partial charge in [-0.25, -0.2) is 0 Å². The molecule has 0 saturated carbocycles. The molecule has 268 valence electrons. The third-order valence-corrected chi connectivity index (χ3v) is 11.7. The van der Waals surface area contributed by atoms with Crippen LogP contribution >= 0.6 is 0 Å². The number of hydrogen-bond donors (Lipinski definition) is 1. The Labute approximate surface area is 304 Å². The van der Waals surface area contributed by atoms with Gasteiger partial charge in [-0.15, -0.1) is 5.54 Å². The van der Waals surface area contributed by atoms with Crippen LogP contribution in [0.2, 0.25) is 37.8 Å². The summed E-state index contributed by atoms with van der Waals surface area (Å²) in [5.74, 6) is 2.69. The van der Waals surface area contributed by atoms with E-state index in [-0.39, 0.29) is 69.0 Å². The average molecular weight is 783 g/mol. The normalized spacial score (nSPS) is 17.0. The predicted molar refractivity (Wildman–Crippen MR) is 165 cm³/mol. The third kappa shape index (κ3) is 34.2. The minimum Gasteiger partial charge on any atom is 0 e. The largest absolute Gasteiger partial charge is 0 e. The van der Waals surface area contributed by atoms with Gasteiger partial charge in [-0.05, 0) is 43.8 Å². The van der Waals surface area contributed by atoms with Gasteiger partial charge in [0.1, 0.15) is 20.3 Å². The van der Waals surface area contributed by atoms with Gasteiger partial charge in [-0.3, -0.25) is 4.79 Å². The molecule has 2 radical (unpaired) electrons. The fourth-order valence-electron chi connectivity index (χ4n) is 3.50. The molecule has 0 spiro atoms. The minimum atomic E-state index is -2.01. The van der Waals surface area contributed by atoms with Crippen molar-refractivity contribution in [1.82, 2.24) is 0 Å². The number of ether oxygens (including phenoxy) is 2. The number of aliphatic hydroxyl groups excluding tert-OH is 1. The van der Waals surface area contributed by atoms with E-state index in [1.165, 1.54) is 6.92 Å². The molecule has 0 bridgehead atoms. The van der Waals surface area contributed by atoms with Gasteiger partial charge in [0, 0.05) is 46.9 Å². The van der Waals surface area contributed by atoms with Crippen molar-refractivity contribution >= 4 is 22.4 Å². The van der Waals surface area contributed by atoms with Crippen LogP contribution in [-0.2, 0) is 80.2 Å². The SMILES string of the molecule is CC/C=C/C[C@H](O[Si](C)(C)C(C)(C)C)[C@H]1C[C@@H](OC(C)=O)[C@@H](CCC(O)C#C[Si](C)(C)C)O1.[C-]#[O+].[C-]#[O+].[C-]#[O+].[C-]#[O+].[C-]#[O+].[C-]#[O+].[Co].[Co]. The van der Waals surface area contributed by atoms with Crippen LogP contribution in [0, 0.1) is 51.4 Å². The number of hydrogen-bond acceptors (Lipinski definition) is 5. The molecule has 0 amide bonds. The first-order chi connectivity index (χ1) is 21.1. The van der Waals surface area contributed by atoms with Gasteiger partial charge in [0.15, 0.2) is 8.32 Å². The Bertz CT molecular complexity index is 935. The molecule has 1 N–H and O–H groups in total. The summed E-state index contributed by atoms with van der Waals surface area (Å²) in [5.41, 5.74) is 3.23. The summed E-state index contributed by atoms with van der Waals surface area (Å²) in [7, 11) is -3.55. The van der Waals surface area contributed by atoms with Crippen molar-refractivity contribution in [1.29, 1.82) is 0 Å². The molecule has 47 heavy (non-hydrogen) atoms. The van der Waals surface area contributed by atoms with E-state index in [0.717, 1.165) is 12.8 Å². The first-order valence-corrected chi connectivity index (χ1v) is 20.0. The quantitative estimate of drug-likeness (QED) is 0.0753. The van der Waals surface area contributed by atoms with Gasteiger partial charge in [-0.2, -0.15) is 0 Å². The molecule has 0 aromatic heterocycles. The van der Waals surface area contributed by atoms with Gasteiger partial charge >= 0.3 is 73.8 Å². The van der Waals surface area contributed by atoms with Crippen molar-refractivity contribution in [3.8, 4) is 11.5 Å². The maximum absolute atomic E-state index is 11.8. The van der Waals surface area contributed by atoms with E-state index in [1.54, 1.807) is 0 Å². The number of carbonyl (C=O) groups excluding carboxylic acids is 1. The maximum atomic E-state index is 11.8. The summed E-state index contributed by atoms with van der Waals surface area (Å²) in [6.45, 7) is 48.3. The molecule has 1 aliphatic heterocycles. The monoisotopic (exact) mass is 782 g/mol. The number of allylic oxidation sites excluding steroid dienone is 1. The zero-order chi connectivity index (χ0) is 37.4. The second kappa shape index (κ2) is 39.0. The van der Waals surface area contributed by atoms with Crippen LogP contribution in [0.3, 0.4) is 0 Å². The Kier molecular flexibility index (Phi) is 53.2. The van der Waals surface area contributed by atoms with Gasteiger partial charge in [0.25, 0.3) is 0 Å². The fraction of sp³-hybridized carbons (Fsp3) is 0.656. The summed E-state index contributed by atoms with van der Waals surface area (Å²) in [6, 6.07) is 0. The van der Waals surface area contributed by atoms with Crippen molar-refractivity contribution in [2.75, 3.05) is 0 Å². The molecule has 1 unspecified atom stereocenters. The van der Waals surface area contributed by atoms with Crippen LogP contribution in [0.5, 0.6) is 0 Å². The zero-order valence-corrected chi connectivity index (χ0v) is 32.9. The third-order valence-electron chi connectivity index (χ3n) is 6.32. The molecule has 11 nitrogen and oxygen atoms in total. The standard InChI is InChI=1S/C26H48O5Si2.6CO.2Co/c1-11-12-13-14-23(31-33(9,10)26(3,4)5)25-19-24(29-20(2)27)22(30-25)16-15-21(28)17-18-32(6,7)8;6*1-2;;/h12-13,21-25,28H,11,14-16,19H2,1-10H3;;;;;;;;/b13-12+;;;;;;;;/t21?,22-,23+,24-,25-;;;;;;;;/m1......../s1. The van der Waals surface area contributed by atoms with Crippen molar-refractivity contribution in [3.63, 3.8) is 0 Å². The topological polar surface area (TPSA) is 184 Å². The molecule has 0 aromatic carbocycles. The van der Waals surface area contributed by atoms with Crippen molar-refractivity contribution in [2.24, 2.45) is 0 Å². The second-order valence-electron chi connectivity index (χ2n) is 11.7. The predicted octanol–water partition coefficient (Wildman–Crippen LogP) is 5.61. The molecule has 1 rings (SSSR count). The van der Waals surface area contributed by atoms with E-state index < -0.39 is 22.5 Å². The van der Waals surface area contributed by atoms with Crippen LogP contribution in [-0.4, -0.2) is 58.0 Å². The molecule has 15 heteroatoms. The van der Waals surface area contributed by atoms with E-state index in [1.807, 2.05) is 0 Å². The molecular formula is C32H48Co2O11Si2. The van der Waals surface area contributed by atoms with Gasteiger partial charge in [0.2, 0.25) is 0 Å². The van der Waals surface area contributed by atoms with E-state index in [0.29, 0.717) is 19.3 Å². The van der Waals surface area contributed by atoms with Gasteiger partial charge < -0.3 is 19.0 Å². The van der Waals surface area contributed by atoms with Crippen LogP contribution in [0.1, 0.15) is 66.7 Å². The van der Waals surface area contributed by atoms with Crippen LogP contribution < -0.4 is 0 Å². The second-order valence-corrected chi connectivity index (χ2v) is 21.2. The molecule has 1 saturated heterocycles. The summed E-state index contributed by atoms with van der Waals surface area (Å²) in [4.78, 5) is 11.8. The van der Waals surface area contributed by atoms with Crippen LogP contribution in [0.25, 0.3) is 0 Å². The number of carbonyl (C=O) groups is 1. The van der Waals surface area contributed by atoms with Crippen molar-refractivity contribution in [3.05, 3.63) is 52.1 Å². The van der Waals surface area contributed by atoms with Crippen molar-refractivity contribution in [2.45, 2.75) is 135 Å². The number of aliphatic hydroxyl groups is 1. The van der Waals surface area contributed by atoms with E-state index in [2.05, 4.69) is 124 Å². The number of esters is 1. The first kappa shape index (κ1) is 64.1. The molecular weight excluding hydrogens is 734 g/mol. The molecule has 5 atom stereocenters. The Balaban J connectivity index is -0.000000162. The molecule has 0 aliphatic carbocycles. The maximum Gasteiger partial charge on any atom is 0 e.